The highest BCUT2D eigenvalue weighted by Gasteiger charge is 2.38. The van der Waals surface area contributed by atoms with Gasteiger partial charge in [-0.1, -0.05) is 19.1 Å². The molecule has 0 spiro atoms. The first-order valence-corrected chi connectivity index (χ1v) is 10.9. The first-order valence-electron chi connectivity index (χ1n) is 10.9. The number of hydrogen-bond acceptors (Lipinski definition) is 4. The van der Waals surface area contributed by atoms with Gasteiger partial charge in [0, 0.05) is 44.8 Å². The molecular weight excluding hydrogens is 397 g/mol. The van der Waals surface area contributed by atoms with Gasteiger partial charge in [0.25, 0.3) is 0 Å². The lowest BCUT2D eigenvalue weighted by molar-refractivity contribution is -0.136. The van der Waals surface area contributed by atoms with Crippen molar-refractivity contribution in [2.45, 2.75) is 19.8 Å². The van der Waals surface area contributed by atoms with Gasteiger partial charge in [-0.05, 0) is 42.8 Å². The zero-order chi connectivity index (χ0) is 21.8. The van der Waals surface area contributed by atoms with Gasteiger partial charge < -0.3 is 19.4 Å². The number of anilines is 2. The van der Waals surface area contributed by atoms with E-state index in [1.807, 2.05) is 42.2 Å². The van der Waals surface area contributed by atoms with Crippen LogP contribution in [0.15, 0.2) is 48.5 Å². The maximum atomic E-state index is 14.0. The fourth-order valence-corrected chi connectivity index (χ4v) is 4.20. The maximum absolute atomic E-state index is 14.0. The van der Waals surface area contributed by atoms with E-state index in [4.69, 9.17) is 4.74 Å². The van der Waals surface area contributed by atoms with E-state index in [0.29, 0.717) is 45.0 Å². The predicted octanol–water partition coefficient (Wildman–Crippen LogP) is 3.32. The molecule has 0 saturated carbocycles. The lowest BCUT2D eigenvalue weighted by Gasteiger charge is -2.37. The second-order valence-corrected chi connectivity index (χ2v) is 8.01. The largest absolute Gasteiger partial charge is 0.494 e. The highest BCUT2D eigenvalue weighted by Crippen LogP contribution is 2.29. The van der Waals surface area contributed by atoms with Crippen LogP contribution in [0.2, 0.25) is 0 Å². The first-order chi connectivity index (χ1) is 15.1. The van der Waals surface area contributed by atoms with Gasteiger partial charge in [0.2, 0.25) is 11.8 Å². The third-order valence-corrected chi connectivity index (χ3v) is 5.88. The van der Waals surface area contributed by atoms with Gasteiger partial charge in [0.15, 0.2) is 0 Å². The fraction of sp³-hybridized carbons (Fsp3) is 0.417. The van der Waals surface area contributed by atoms with Crippen LogP contribution in [-0.4, -0.2) is 56.0 Å². The van der Waals surface area contributed by atoms with E-state index in [1.54, 1.807) is 21.9 Å². The quantitative estimate of drug-likeness (QED) is 0.713. The van der Waals surface area contributed by atoms with Crippen molar-refractivity contribution in [2.24, 2.45) is 5.92 Å². The first kappa shape index (κ1) is 21.2. The van der Waals surface area contributed by atoms with Crippen molar-refractivity contribution in [1.29, 1.82) is 0 Å². The molecule has 2 aromatic rings. The summed E-state index contributed by atoms with van der Waals surface area (Å²) in [4.78, 5) is 31.1. The number of nitrogens with zero attached hydrogens (tertiary/aromatic N) is 3. The summed E-state index contributed by atoms with van der Waals surface area (Å²) >= 11 is 0. The monoisotopic (exact) mass is 425 g/mol. The summed E-state index contributed by atoms with van der Waals surface area (Å²) in [6.45, 7) is 5.31. The number of hydrogen-bond donors (Lipinski definition) is 0. The van der Waals surface area contributed by atoms with Crippen molar-refractivity contribution in [3.8, 4) is 5.75 Å². The van der Waals surface area contributed by atoms with Gasteiger partial charge >= 0.3 is 0 Å². The number of para-hydroxylation sites is 1. The topological polar surface area (TPSA) is 53.1 Å². The fourth-order valence-electron chi connectivity index (χ4n) is 4.20. The molecule has 164 valence electrons. The average Bonchev–Trinajstić information content (AvgIpc) is 3.19. The minimum Gasteiger partial charge on any atom is -0.494 e. The number of rotatable bonds is 6. The van der Waals surface area contributed by atoms with Crippen LogP contribution in [0.25, 0.3) is 0 Å². The zero-order valence-corrected chi connectivity index (χ0v) is 17.8. The molecule has 31 heavy (non-hydrogen) atoms. The standard InChI is InChI=1S/C24H28FN3O3/c1-2-15-31-20-9-7-19(8-10-20)28-17-18(16-23(28)29)24(30)27-13-11-26(12-14-27)22-6-4-3-5-21(22)25/h3-10,18H,2,11-17H2,1H3/t18-/m0/s1. The number of amides is 2. The van der Waals surface area contributed by atoms with Gasteiger partial charge in [-0.15, -0.1) is 0 Å². The lowest BCUT2D eigenvalue weighted by atomic mass is 10.1. The molecule has 2 fully saturated rings. The van der Waals surface area contributed by atoms with Crippen LogP contribution in [0, 0.1) is 11.7 Å². The van der Waals surface area contributed by atoms with Crippen molar-refractivity contribution in [1.82, 2.24) is 4.90 Å². The van der Waals surface area contributed by atoms with Crippen molar-refractivity contribution in [3.63, 3.8) is 0 Å². The molecule has 2 saturated heterocycles. The van der Waals surface area contributed by atoms with E-state index >= 15 is 0 Å². The number of carbonyl (C=O) groups is 2. The molecule has 2 amide bonds. The number of ether oxygens (including phenoxy) is 1. The van der Waals surface area contributed by atoms with E-state index in [9.17, 15) is 14.0 Å². The smallest absolute Gasteiger partial charge is 0.228 e. The third kappa shape index (κ3) is 4.65. The summed E-state index contributed by atoms with van der Waals surface area (Å²) in [7, 11) is 0. The number of piperazine rings is 1. The molecule has 0 bridgehead atoms. The van der Waals surface area contributed by atoms with Crippen LogP contribution in [0.5, 0.6) is 5.75 Å². The Morgan fingerprint density at radius 3 is 2.45 bits per heavy atom. The van der Waals surface area contributed by atoms with Crippen LogP contribution in [0.1, 0.15) is 19.8 Å². The van der Waals surface area contributed by atoms with Gasteiger partial charge in [0.1, 0.15) is 11.6 Å². The summed E-state index contributed by atoms with van der Waals surface area (Å²) in [5.74, 6) is 0.157. The summed E-state index contributed by atoms with van der Waals surface area (Å²) in [5.41, 5.74) is 1.36. The van der Waals surface area contributed by atoms with Crippen molar-refractivity contribution < 1.29 is 18.7 Å². The number of benzene rings is 2. The second-order valence-electron chi connectivity index (χ2n) is 8.01. The van der Waals surface area contributed by atoms with Crippen molar-refractivity contribution >= 4 is 23.2 Å². The normalized spacial score (nSPS) is 19.1. The van der Waals surface area contributed by atoms with Crippen LogP contribution in [-0.2, 0) is 9.59 Å². The molecule has 2 aromatic carbocycles. The molecule has 7 heteroatoms. The Hall–Kier alpha value is -3.09. The lowest BCUT2D eigenvalue weighted by Crippen LogP contribution is -2.51. The molecule has 0 aromatic heterocycles. The van der Waals surface area contributed by atoms with Gasteiger partial charge in [-0.2, -0.15) is 0 Å². The Balaban J connectivity index is 1.34. The van der Waals surface area contributed by atoms with Gasteiger partial charge in [-0.25, -0.2) is 4.39 Å². The summed E-state index contributed by atoms with van der Waals surface area (Å²) < 4.78 is 19.6. The molecule has 2 aliphatic heterocycles. The predicted molar refractivity (Wildman–Crippen MR) is 118 cm³/mol. The average molecular weight is 426 g/mol. The van der Waals surface area contributed by atoms with E-state index in [1.165, 1.54) is 6.07 Å². The Morgan fingerprint density at radius 2 is 1.77 bits per heavy atom. The molecule has 6 nitrogen and oxygen atoms in total. The molecule has 4 rings (SSSR count). The van der Waals surface area contributed by atoms with Gasteiger partial charge in [-0.3, -0.25) is 9.59 Å². The van der Waals surface area contributed by atoms with Crippen molar-refractivity contribution in [2.75, 3.05) is 49.1 Å². The highest BCUT2D eigenvalue weighted by atomic mass is 19.1. The second kappa shape index (κ2) is 9.37. The molecular formula is C24H28FN3O3. The molecule has 0 N–H and O–H groups in total. The molecule has 0 aliphatic carbocycles. The summed E-state index contributed by atoms with van der Waals surface area (Å²) in [5, 5.41) is 0. The van der Waals surface area contributed by atoms with Crippen molar-refractivity contribution in [3.05, 3.63) is 54.3 Å². The van der Waals surface area contributed by atoms with Crippen LogP contribution in [0.3, 0.4) is 0 Å². The van der Waals surface area contributed by atoms with E-state index < -0.39 is 0 Å². The molecule has 2 aliphatic rings. The Kier molecular flexibility index (Phi) is 6.39. The van der Waals surface area contributed by atoms with E-state index in [-0.39, 0.29) is 30.0 Å². The summed E-state index contributed by atoms with van der Waals surface area (Å²) in [6, 6.07) is 14.1. The Bertz CT molecular complexity index is 926. The van der Waals surface area contributed by atoms with Crippen LogP contribution in [0.4, 0.5) is 15.8 Å². The SMILES string of the molecule is CCCOc1ccc(N2C[C@@H](C(=O)N3CCN(c4ccccc4F)CC3)CC2=O)cc1. The van der Waals surface area contributed by atoms with Gasteiger partial charge in [0.05, 0.1) is 18.2 Å². The molecule has 1 atom stereocenters. The molecule has 2 heterocycles. The highest BCUT2D eigenvalue weighted by molar-refractivity contribution is 6.00. The zero-order valence-electron chi connectivity index (χ0n) is 17.8. The minimum absolute atomic E-state index is 0.00642. The van der Waals surface area contributed by atoms with Crippen LogP contribution >= 0.6 is 0 Å². The Morgan fingerprint density at radius 1 is 1.06 bits per heavy atom. The number of carbonyl (C=O) groups excluding carboxylic acids is 2. The van der Waals surface area contributed by atoms with E-state index in [0.717, 1.165) is 17.9 Å². The number of halogens is 1. The van der Waals surface area contributed by atoms with Crippen LogP contribution < -0.4 is 14.5 Å². The molecule has 0 radical (unpaired) electrons. The third-order valence-electron chi connectivity index (χ3n) is 5.88. The Labute approximate surface area is 182 Å². The summed E-state index contributed by atoms with van der Waals surface area (Å²) in [6.07, 6.45) is 1.16. The van der Waals surface area contributed by atoms with E-state index in [2.05, 4.69) is 0 Å². The minimum atomic E-state index is -0.344. The molecule has 0 unspecified atom stereocenters. The maximum Gasteiger partial charge on any atom is 0.228 e.